The zero-order valence-electron chi connectivity index (χ0n) is 13.5. The van der Waals surface area contributed by atoms with Crippen molar-refractivity contribution in [2.24, 2.45) is 5.92 Å². The lowest BCUT2D eigenvalue weighted by molar-refractivity contribution is -0.122. The van der Waals surface area contributed by atoms with Crippen LogP contribution in [0.25, 0.3) is 0 Å². The summed E-state index contributed by atoms with van der Waals surface area (Å²) in [5.74, 6) is -0.189. The Morgan fingerprint density at radius 1 is 1.29 bits per heavy atom. The Morgan fingerprint density at radius 3 is 2.67 bits per heavy atom. The van der Waals surface area contributed by atoms with Gasteiger partial charge in [0.25, 0.3) is 0 Å². The summed E-state index contributed by atoms with van der Waals surface area (Å²) in [7, 11) is 0. The third-order valence-corrected chi connectivity index (χ3v) is 4.54. The SMILES string of the molecule is Cc1ccc(N2CC(C(=O)Nc3cc(C)c(Cl)cn3)CC2=O)cc1. The summed E-state index contributed by atoms with van der Waals surface area (Å²) >= 11 is 5.93. The van der Waals surface area contributed by atoms with Crippen LogP contribution in [0.2, 0.25) is 5.02 Å². The minimum absolute atomic E-state index is 0.0424. The molecule has 1 N–H and O–H groups in total. The summed E-state index contributed by atoms with van der Waals surface area (Å²) in [6.45, 7) is 4.21. The van der Waals surface area contributed by atoms with E-state index in [2.05, 4.69) is 10.3 Å². The van der Waals surface area contributed by atoms with E-state index in [1.54, 1.807) is 11.0 Å². The number of pyridine rings is 1. The van der Waals surface area contributed by atoms with Gasteiger partial charge in [-0.25, -0.2) is 4.98 Å². The van der Waals surface area contributed by atoms with Crippen molar-refractivity contribution >= 4 is 34.9 Å². The molecular weight excluding hydrogens is 326 g/mol. The highest BCUT2D eigenvalue weighted by atomic mass is 35.5. The average Bonchev–Trinajstić information content (AvgIpc) is 2.94. The van der Waals surface area contributed by atoms with Crippen molar-refractivity contribution in [2.75, 3.05) is 16.8 Å². The minimum atomic E-state index is -0.392. The first kappa shape index (κ1) is 16.5. The topological polar surface area (TPSA) is 62.3 Å². The number of nitrogens with one attached hydrogen (secondary N) is 1. The van der Waals surface area contributed by atoms with Crippen LogP contribution in [0.5, 0.6) is 0 Å². The Bertz CT molecular complexity index is 789. The molecule has 0 radical (unpaired) electrons. The summed E-state index contributed by atoms with van der Waals surface area (Å²) in [6, 6.07) is 9.43. The van der Waals surface area contributed by atoms with E-state index in [9.17, 15) is 9.59 Å². The van der Waals surface area contributed by atoms with E-state index < -0.39 is 5.92 Å². The number of carbonyl (C=O) groups is 2. The van der Waals surface area contributed by atoms with E-state index in [-0.39, 0.29) is 18.2 Å². The highest BCUT2D eigenvalue weighted by Gasteiger charge is 2.35. The van der Waals surface area contributed by atoms with Gasteiger partial charge in [0.1, 0.15) is 5.82 Å². The lowest BCUT2D eigenvalue weighted by atomic mass is 10.1. The van der Waals surface area contributed by atoms with E-state index in [0.29, 0.717) is 17.4 Å². The molecule has 1 aliphatic rings. The number of aromatic nitrogens is 1. The van der Waals surface area contributed by atoms with E-state index in [0.717, 1.165) is 16.8 Å². The molecule has 2 amide bonds. The maximum absolute atomic E-state index is 12.4. The Morgan fingerprint density at radius 2 is 2.00 bits per heavy atom. The third kappa shape index (κ3) is 3.41. The average molecular weight is 344 g/mol. The molecule has 5 nitrogen and oxygen atoms in total. The molecule has 6 heteroatoms. The predicted molar refractivity (Wildman–Crippen MR) is 94.3 cm³/mol. The number of halogens is 1. The number of anilines is 2. The van der Waals surface area contributed by atoms with Crippen LogP contribution < -0.4 is 10.2 Å². The first-order valence-corrected chi connectivity index (χ1v) is 8.12. The van der Waals surface area contributed by atoms with Gasteiger partial charge in [-0.05, 0) is 37.6 Å². The molecule has 2 aromatic rings. The number of nitrogens with zero attached hydrogens (tertiary/aromatic N) is 2. The number of benzene rings is 1. The van der Waals surface area contributed by atoms with E-state index >= 15 is 0 Å². The Kier molecular flexibility index (Phi) is 4.53. The largest absolute Gasteiger partial charge is 0.312 e. The molecular formula is C18H18ClN3O2. The second-order valence-electron chi connectivity index (χ2n) is 6.05. The molecule has 1 aliphatic heterocycles. The fourth-order valence-electron chi connectivity index (χ4n) is 2.69. The van der Waals surface area contributed by atoms with Gasteiger partial charge in [-0.2, -0.15) is 0 Å². The zero-order valence-corrected chi connectivity index (χ0v) is 14.3. The normalized spacial score (nSPS) is 17.2. The molecule has 0 saturated carbocycles. The first-order valence-electron chi connectivity index (χ1n) is 7.74. The van der Waals surface area contributed by atoms with Crippen molar-refractivity contribution in [3.05, 3.63) is 52.7 Å². The van der Waals surface area contributed by atoms with Gasteiger partial charge in [0, 0.05) is 24.8 Å². The fraction of sp³-hybridized carbons (Fsp3) is 0.278. The van der Waals surface area contributed by atoms with Crippen molar-refractivity contribution in [1.29, 1.82) is 0 Å². The Balaban J connectivity index is 1.69. The molecule has 0 bridgehead atoms. The second-order valence-corrected chi connectivity index (χ2v) is 6.46. The second kappa shape index (κ2) is 6.61. The Labute approximate surface area is 145 Å². The number of carbonyl (C=O) groups excluding carboxylic acids is 2. The molecule has 3 rings (SSSR count). The highest BCUT2D eigenvalue weighted by Crippen LogP contribution is 2.26. The maximum Gasteiger partial charge on any atom is 0.230 e. The summed E-state index contributed by atoms with van der Waals surface area (Å²) in [5.41, 5.74) is 2.79. The number of hydrogen-bond acceptors (Lipinski definition) is 3. The van der Waals surface area contributed by atoms with Crippen LogP contribution in [0, 0.1) is 19.8 Å². The van der Waals surface area contributed by atoms with Gasteiger partial charge in [-0.1, -0.05) is 29.3 Å². The molecule has 1 aromatic carbocycles. The van der Waals surface area contributed by atoms with Crippen molar-refractivity contribution in [2.45, 2.75) is 20.3 Å². The van der Waals surface area contributed by atoms with Crippen LogP contribution in [-0.2, 0) is 9.59 Å². The van der Waals surface area contributed by atoms with Crippen LogP contribution in [-0.4, -0.2) is 23.3 Å². The zero-order chi connectivity index (χ0) is 17.3. The van der Waals surface area contributed by atoms with Gasteiger partial charge < -0.3 is 10.2 Å². The molecule has 0 aliphatic carbocycles. The maximum atomic E-state index is 12.4. The summed E-state index contributed by atoms with van der Waals surface area (Å²) in [4.78, 5) is 30.4. The first-order chi connectivity index (χ1) is 11.4. The van der Waals surface area contributed by atoms with Crippen molar-refractivity contribution in [1.82, 2.24) is 4.98 Å². The molecule has 2 heterocycles. The van der Waals surface area contributed by atoms with Crippen molar-refractivity contribution in [3.8, 4) is 0 Å². The fourth-order valence-corrected chi connectivity index (χ4v) is 2.80. The third-order valence-electron chi connectivity index (χ3n) is 4.14. The van der Waals surface area contributed by atoms with Crippen LogP contribution >= 0.6 is 11.6 Å². The molecule has 1 unspecified atom stereocenters. The van der Waals surface area contributed by atoms with Gasteiger partial charge in [-0.15, -0.1) is 0 Å². The molecule has 0 spiro atoms. The Hall–Kier alpha value is -2.40. The van der Waals surface area contributed by atoms with Crippen molar-refractivity contribution < 1.29 is 9.59 Å². The molecule has 24 heavy (non-hydrogen) atoms. The van der Waals surface area contributed by atoms with Crippen molar-refractivity contribution in [3.63, 3.8) is 0 Å². The van der Waals surface area contributed by atoms with Crippen LogP contribution in [0.15, 0.2) is 36.5 Å². The minimum Gasteiger partial charge on any atom is -0.312 e. The quantitative estimate of drug-likeness (QED) is 0.929. The molecule has 124 valence electrons. The van der Waals surface area contributed by atoms with Gasteiger partial charge >= 0.3 is 0 Å². The number of amides is 2. The highest BCUT2D eigenvalue weighted by molar-refractivity contribution is 6.31. The molecule has 1 saturated heterocycles. The van der Waals surface area contributed by atoms with Gasteiger partial charge in [0.05, 0.1) is 10.9 Å². The predicted octanol–water partition coefficient (Wildman–Crippen LogP) is 3.34. The lowest BCUT2D eigenvalue weighted by Crippen LogP contribution is -2.28. The summed E-state index contributed by atoms with van der Waals surface area (Å²) in [5, 5.41) is 3.32. The van der Waals surface area contributed by atoms with Crippen LogP contribution in [0.3, 0.4) is 0 Å². The van der Waals surface area contributed by atoms with Gasteiger partial charge in [-0.3, -0.25) is 9.59 Å². The van der Waals surface area contributed by atoms with E-state index in [1.165, 1.54) is 6.20 Å². The standard InChI is InChI=1S/C18H18ClN3O2/c1-11-3-5-14(6-4-11)22-10-13(8-17(22)23)18(24)21-16-7-12(2)15(19)9-20-16/h3-7,9,13H,8,10H2,1-2H3,(H,20,21,24). The summed E-state index contributed by atoms with van der Waals surface area (Å²) < 4.78 is 0. The summed E-state index contributed by atoms with van der Waals surface area (Å²) in [6.07, 6.45) is 1.71. The van der Waals surface area contributed by atoms with Gasteiger partial charge in [0.2, 0.25) is 11.8 Å². The molecule has 1 fully saturated rings. The molecule has 1 atom stereocenters. The van der Waals surface area contributed by atoms with E-state index in [4.69, 9.17) is 11.6 Å². The smallest absolute Gasteiger partial charge is 0.230 e. The van der Waals surface area contributed by atoms with E-state index in [1.807, 2.05) is 38.1 Å². The van der Waals surface area contributed by atoms with Crippen LogP contribution in [0.4, 0.5) is 11.5 Å². The molecule has 1 aromatic heterocycles. The lowest BCUT2D eigenvalue weighted by Gasteiger charge is -2.17. The number of hydrogen-bond donors (Lipinski definition) is 1. The number of aryl methyl sites for hydroxylation is 2. The van der Waals surface area contributed by atoms with Gasteiger partial charge in [0.15, 0.2) is 0 Å². The number of rotatable bonds is 3. The van der Waals surface area contributed by atoms with Crippen LogP contribution in [0.1, 0.15) is 17.5 Å². The monoisotopic (exact) mass is 343 g/mol.